The summed E-state index contributed by atoms with van der Waals surface area (Å²) in [7, 11) is 0. The normalized spacial score (nSPS) is 11.5. The van der Waals surface area contributed by atoms with E-state index in [9.17, 15) is 44.7 Å². The van der Waals surface area contributed by atoms with Gasteiger partial charge in [0.1, 0.15) is 19.6 Å². The number of non-ortho nitro benzene ring substituents is 3. The third kappa shape index (κ3) is 14.0. The van der Waals surface area contributed by atoms with Crippen molar-refractivity contribution in [3.8, 4) is 0 Å². The molecule has 0 radical (unpaired) electrons. The maximum absolute atomic E-state index is 14.4. The first kappa shape index (κ1) is 56.6. The van der Waals surface area contributed by atoms with Crippen molar-refractivity contribution in [2.75, 3.05) is 58.9 Å². The summed E-state index contributed by atoms with van der Waals surface area (Å²) in [6, 6.07) is 19.2. The standard InChI is InChI=1S/C42H60N9O9.3BrH/c1-7-49(8-2,31-34-16-20-37(21-17-34)46(55)56)27-24-43-40(52)44(25-28-50(9-3,10-4)32-35-18-22-38(23-19-35)47(57)58)42(54)45(41(43)53)26-29-51(11-5,12-6)33-36-14-13-15-39(30-36)48(59)60;;;/h13-23,30H,7-12,24-29,31-33H2,1-6H3;3*1H/q+3;;;/p-3. The van der Waals surface area contributed by atoms with Crippen LogP contribution in [-0.2, 0) is 39.3 Å². The van der Waals surface area contributed by atoms with Crippen LogP contribution in [0.1, 0.15) is 58.2 Å². The van der Waals surface area contributed by atoms with Crippen molar-refractivity contribution in [2.24, 2.45) is 0 Å². The van der Waals surface area contributed by atoms with Crippen molar-refractivity contribution in [2.45, 2.75) is 80.8 Å². The topological polar surface area (TPSA) is 195 Å². The van der Waals surface area contributed by atoms with Crippen LogP contribution in [0.4, 0.5) is 17.1 Å². The average molecular weight is 1070 g/mol. The van der Waals surface area contributed by atoms with Crippen LogP contribution in [0.3, 0.4) is 0 Å². The van der Waals surface area contributed by atoms with Crippen LogP contribution in [0.25, 0.3) is 0 Å². The number of benzene rings is 3. The summed E-state index contributed by atoms with van der Waals surface area (Å²) in [6.45, 7) is 18.5. The van der Waals surface area contributed by atoms with E-state index in [1.807, 2.05) is 47.6 Å². The van der Waals surface area contributed by atoms with Gasteiger partial charge in [-0.05, 0) is 65.8 Å². The van der Waals surface area contributed by atoms with Gasteiger partial charge < -0.3 is 64.4 Å². The maximum atomic E-state index is 14.4. The minimum Gasteiger partial charge on any atom is -1.00 e. The number of halogens is 3. The van der Waals surface area contributed by atoms with Gasteiger partial charge in [0, 0.05) is 53.1 Å². The SMILES string of the molecule is CC[N+](CC)(CCn1c(=O)n(CC[N+](CC)(CC)Cc2ccc([N+](=O)[O-])cc2)c(=O)n(CC[N+](CC)(CC)Cc2cccc([N+](=O)[O-])c2)c1=O)Cc1ccc([N+](=O)[O-])cc1.[Br-].[Br-].[Br-]. The lowest BCUT2D eigenvalue weighted by Crippen LogP contribution is -3.00. The van der Waals surface area contributed by atoms with Crippen molar-refractivity contribution < 1.29 is 79.2 Å². The predicted octanol–water partition coefficient (Wildman–Crippen LogP) is -3.92. The third-order valence-corrected chi connectivity index (χ3v) is 12.8. The molecule has 1 aromatic heterocycles. The van der Waals surface area contributed by atoms with E-state index in [1.54, 1.807) is 36.4 Å². The highest BCUT2D eigenvalue weighted by atomic mass is 79.9. The Morgan fingerprint density at radius 3 is 0.984 bits per heavy atom. The van der Waals surface area contributed by atoms with Gasteiger partial charge >= 0.3 is 17.1 Å². The zero-order chi connectivity index (χ0) is 44.3. The Balaban J connectivity index is 0.00000661. The largest absolute Gasteiger partial charge is 1.00 e. The zero-order valence-electron chi connectivity index (χ0n) is 36.9. The van der Waals surface area contributed by atoms with Crippen molar-refractivity contribution in [3.05, 3.63) is 151 Å². The van der Waals surface area contributed by atoms with Crippen LogP contribution < -0.4 is 68.0 Å². The summed E-state index contributed by atoms with van der Waals surface area (Å²) in [5, 5.41) is 34.1. The van der Waals surface area contributed by atoms with Crippen molar-refractivity contribution in [1.82, 2.24) is 13.7 Å². The second-order valence-electron chi connectivity index (χ2n) is 15.6. The van der Waals surface area contributed by atoms with Crippen molar-refractivity contribution >= 4 is 17.1 Å². The number of likely N-dealkylation sites (N-methyl/N-ethyl adjacent to an activating group) is 3. The Bertz CT molecular complexity index is 2190. The van der Waals surface area contributed by atoms with Crippen LogP contribution >= 0.6 is 0 Å². The molecule has 0 spiro atoms. The number of quaternary nitrogens is 3. The second-order valence-corrected chi connectivity index (χ2v) is 15.6. The lowest BCUT2D eigenvalue weighted by Gasteiger charge is -2.38. The van der Waals surface area contributed by atoms with Gasteiger partial charge in [-0.1, -0.05) is 12.1 Å². The molecule has 0 aliphatic heterocycles. The molecular formula is C42H60Br3N9O9. The molecule has 0 saturated carbocycles. The molecule has 0 fully saturated rings. The van der Waals surface area contributed by atoms with Crippen LogP contribution in [0.15, 0.2) is 87.2 Å². The molecule has 63 heavy (non-hydrogen) atoms. The van der Waals surface area contributed by atoms with Gasteiger partial charge in [0.15, 0.2) is 0 Å². The lowest BCUT2D eigenvalue weighted by atomic mass is 10.1. The molecule has 0 aliphatic carbocycles. The smallest absolute Gasteiger partial charge is 0.336 e. The molecule has 0 unspecified atom stereocenters. The maximum Gasteiger partial charge on any atom is 0.336 e. The van der Waals surface area contributed by atoms with Crippen molar-refractivity contribution in [1.29, 1.82) is 0 Å². The Morgan fingerprint density at radius 2 is 0.714 bits per heavy atom. The van der Waals surface area contributed by atoms with E-state index in [0.717, 1.165) is 30.4 Å². The summed E-state index contributed by atoms with van der Waals surface area (Å²) in [4.78, 5) is 76.0. The van der Waals surface area contributed by atoms with Gasteiger partial charge in [0.25, 0.3) is 17.1 Å². The average Bonchev–Trinajstić information content (AvgIpc) is 3.25. The minimum atomic E-state index is -0.708. The molecule has 18 nitrogen and oxygen atoms in total. The molecule has 0 atom stereocenters. The van der Waals surface area contributed by atoms with E-state index in [4.69, 9.17) is 0 Å². The second kappa shape index (κ2) is 25.2. The molecule has 4 rings (SSSR count). The van der Waals surface area contributed by atoms with E-state index in [1.165, 1.54) is 30.3 Å². The van der Waals surface area contributed by atoms with Gasteiger partial charge in [-0.15, -0.1) is 0 Å². The Hall–Kier alpha value is -4.41. The van der Waals surface area contributed by atoms with Gasteiger partial charge in [0.05, 0.1) is 93.3 Å². The van der Waals surface area contributed by atoms with Gasteiger partial charge in [0.2, 0.25) is 0 Å². The molecule has 1 heterocycles. The Labute approximate surface area is 398 Å². The fourth-order valence-corrected chi connectivity index (χ4v) is 8.10. The molecule has 0 amide bonds. The fourth-order valence-electron chi connectivity index (χ4n) is 8.10. The highest BCUT2D eigenvalue weighted by Gasteiger charge is 2.30. The first-order chi connectivity index (χ1) is 28.5. The van der Waals surface area contributed by atoms with E-state index < -0.39 is 31.8 Å². The highest BCUT2D eigenvalue weighted by molar-refractivity contribution is 5.34. The first-order valence-corrected chi connectivity index (χ1v) is 20.7. The highest BCUT2D eigenvalue weighted by Crippen LogP contribution is 2.21. The lowest BCUT2D eigenvalue weighted by molar-refractivity contribution is -0.938. The Morgan fingerprint density at radius 1 is 0.429 bits per heavy atom. The summed E-state index contributed by atoms with van der Waals surface area (Å²) in [5.74, 6) is 0. The van der Waals surface area contributed by atoms with Crippen molar-refractivity contribution in [3.63, 3.8) is 0 Å². The fraction of sp³-hybridized carbons (Fsp3) is 0.500. The third-order valence-electron chi connectivity index (χ3n) is 12.8. The minimum absolute atomic E-state index is 0. The molecule has 3 aromatic carbocycles. The van der Waals surface area contributed by atoms with Crippen LogP contribution in [0.5, 0.6) is 0 Å². The van der Waals surface area contributed by atoms with Crippen LogP contribution in [0.2, 0.25) is 0 Å². The summed E-state index contributed by atoms with van der Waals surface area (Å²) in [5.41, 5.74) is 0.332. The number of nitro groups is 3. The summed E-state index contributed by atoms with van der Waals surface area (Å²) >= 11 is 0. The van der Waals surface area contributed by atoms with Crippen LogP contribution in [-0.4, -0.2) is 101 Å². The van der Waals surface area contributed by atoms with E-state index in [-0.39, 0.29) is 87.6 Å². The molecule has 0 aliphatic rings. The zero-order valence-corrected chi connectivity index (χ0v) is 41.6. The number of rotatable bonds is 24. The molecule has 0 bridgehead atoms. The van der Waals surface area contributed by atoms with Gasteiger partial charge in [-0.3, -0.25) is 30.3 Å². The van der Waals surface area contributed by atoms with E-state index >= 15 is 0 Å². The number of nitro benzene ring substituents is 3. The van der Waals surface area contributed by atoms with Gasteiger partial charge in [-0.25, -0.2) is 28.1 Å². The molecule has 348 valence electrons. The molecule has 0 saturated heterocycles. The predicted molar refractivity (Wildman–Crippen MR) is 228 cm³/mol. The molecule has 0 N–H and O–H groups in total. The van der Waals surface area contributed by atoms with Gasteiger partial charge in [-0.2, -0.15) is 0 Å². The van der Waals surface area contributed by atoms with E-state index in [2.05, 4.69) is 0 Å². The Kier molecular flexibility index (Phi) is 22.6. The number of aromatic nitrogens is 3. The number of hydrogen-bond donors (Lipinski definition) is 0. The quantitative estimate of drug-likeness (QED) is 0.0383. The summed E-state index contributed by atoms with van der Waals surface area (Å²) in [6.07, 6.45) is 0. The van der Waals surface area contributed by atoms with Crippen LogP contribution in [0, 0.1) is 30.3 Å². The summed E-state index contributed by atoms with van der Waals surface area (Å²) < 4.78 is 4.83. The number of hydrogen-bond acceptors (Lipinski definition) is 9. The number of nitrogens with zero attached hydrogens (tertiary/aromatic N) is 9. The molecule has 4 aromatic rings. The molecular weight excluding hydrogens is 1010 g/mol. The monoisotopic (exact) mass is 1070 g/mol. The molecule has 21 heteroatoms. The van der Waals surface area contributed by atoms with E-state index in [0.29, 0.717) is 92.0 Å². The first-order valence-electron chi connectivity index (χ1n) is 20.7.